The van der Waals surface area contributed by atoms with E-state index < -0.39 is 7.82 Å². The second kappa shape index (κ2) is 97.5. The molecule has 3 aromatic rings. The fourth-order valence-electron chi connectivity index (χ4n) is 20.9. The summed E-state index contributed by atoms with van der Waals surface area (Å²) in [6.07, 6.45) is 137. The molecule has 131 heavy (non-hydrogen) atoms. The van der Waals surface area contributed by atoms with Crippen molar-refractivity contribution >= 4 is 7.82 Å². The topological polar surface area (TPSA) is 44.8 Å². The summed E-state index contributed by atoms with van der Waals surface area (Å²) >= 11 is 0. The van der Waals surface area contributed by atoms with Gasteiger partial charge in [0.05, 0.1) is 0 Å². The normalized spacial score (nSPS) is 11.8. The first kappa shape index (κ1) is 122. The van der Waals surface area contributed by atoms with E-state index >= 15 is 4.57 Å². The summed E-state index contributed by atoms with van der Waals surface area (Å²) in [6.45, 7) is 13.9. The Kier molecular flexibility index (Phi) is 91.1. The van der Waals surface area contributed by atoms with E-state index in [0.29, 0.717) is 17.2 Å². The van der Waals surface area contributed by atoms with E-state index in [1.165, 1.54) is 631 Å². The van der Waals surface area contributed by atoms with Gasteiger partial charge in [-0.2, -0.15) is 4.57 Å². The first-order valence-electron chi connectivity index (χ1n) is 60.9. The van der Waals surface area contributed by atoms with Gasteiger partial charge in [0.1, 0.15) is 17.2 Å². The van der Waals surface area contributed by atoms with Gasteiger partial charge in [0.2, 0.25) is 0 Å². The van der Waals surface area contributed by atoms with Crippen molar-refractivity contribution in [3.63, 3.8) is 0 Å². The van der Waals surface area contributed by atoms with Crippen molar-refractivity contribution in [3.8, 4) is 17.2 Å². The van der Waals surface area contributed by atoms with Crippen LogP contribution >= 0.6 is 7.82 Å². The summed E-state index contributed by atoms with van der Waals surface area (Å²) in [5, 5.41) is 0. The molecular weight excluding hydrogens is 1610 g/mol. The lowest BCUT2D eigenvalue weighted by atomic mass is 9.99. The smallest absolute Gasteiger partial charge is 0.386 e. The van der Waals surface area contributed by atoms with Crippen LogP contribution in [0, 0.1) is 0 Å². The van der Waals surface area contributed by atoms with Crippen molar-refractivity contribution in [2.75, 3.05) is 0 Å². The molecule has 4 nitrogen and oxygen atoms in total. The Morgan fingerprint density at radius 1 is 0.145 bits per heavy atom. The minimum atomic E-state index is -4.40. The molecule has 0 unspecified atom stereocenters. The van der Waals surface area contributed by atoms with Crippen LogP contribution in [0.15, 0.2) is 54.6 Å². The highest BCUT2D eigenvalue weighted by molar-refractivity contribution is 7.49. The van der Waals surface area contributed by atoms with Gasteiger partial charge in [-0.1, -0.05) is 656 Å². The third-order valence-corrected chi connectivity index (χ3v) is 31.1. The van der Waals surface area contributed by atoms with Gasteiger partial charge in [0.25, 0.3) is 0 Å². The minimum absolute atomic E-state index is 0.684. The lowest BCUT2D eigenvalue weighted by Gasteiger charge is -2.24. The molecule has 0 saturated carbocycles. The number of aryl methyl sites for hydroxylation is 6. The lowest BCUT2D eigenvalue weighted by molar-refractivity contribution is 0.295. The number of rotatable bonds is 108. The molecule has 0 aliphatic carbocycles. The van der Waals surface area contributed by atoms with Crippen LogP contribution in [-0.2, 0) is 43.1 Å². The number of phosphoric acid groups is 1. The van der Waals surface area contributed by atoms with Gasteiger partial charge < -0.3 is 13.6 Å². The fourth-order valence-corrected chi connectivity index (χ4v) is 22.2. The largest absolute Gasteiger partial charge is 0.647 e. The standard InChI is InChI=1S/C126H231O4P/c1-7-13-19-25-31-37-43-49-55-61-67-73-79-85-91-97-103-118-109-112-124(121(115-118)106-100-94-88-82-76-70-64-58-52-46-40-34-28-22-16-10-4)128-131(127,129-125-113-110-119(104-98-92-86-80-74-68-62-56-50-44-38-32-26-20-14-8-2)116-122(125)107-101-95-89-83-77-71-65-59-53-47-41-35-29-23-17-11-5)130-126-114-111-120(105-99-93-87-81-75-69-63-57-51-45-39-33-27-21-15-9-3)117-123(126)108-102-96-90-84-78-72-66-60-54-48-42-36-30-24-18-12-6/h109-117H,7-108H2,1-6H3. The van der Waals surface area contributed by atoms with E-state index in [0.717, 1.165) is 57.8 Å². The number of benzene rings is 3. The SMILES string of the molecule is CCCCCCCCCCCCCCCCCCc1ccc(OP(=O)(Oc2ccc(CCCCCCCCCCCCCCCCCC)cc2CCCCCCCCCCCCCCCCCC)Oc2ccc(CCCCCCCCCCCCCCCCCC)cc2CCCCCCCCCCCCCCCCCC)c(CCCCCCCCCCCCCCCCCC)c1. The summed E-state index contributed by atoms with van der Waals surface area (Å²) < 4.78 is 38.8. The third kappa shape index (κ3) is 78.7. The molecule has 0 aliphatic heterocycles. The molecule has 3 rings (SSSR count). The van der Waals surface area contributed by atoms with E-state index in [4.69, 9.17) is 13.6 Å². The molecule has 0 saturated heterocycles. The zero-order chi connectivity index (χ0) is 93.3. The van der Waals surface area contributed by atoms with Crippen molar-refractivity contribution in [3.05, 3.63) is 88.0 Å². The summed E-state index contributed by atoms with van der Waals surface area (Å²) in [4.78, 5) is 0. The number of unbranched alkanes of at least 4 members (excludes halogenated alkanes) is 90. The maximum atomic E-state index is 16.9. The molecule has 764 valence electrons. The number of phosphoric ester groups is 1. The van der Waals surface area contributed by atoms with E-state index in [1.807, 2.05) is 0 Å². The summed E-state index contributed by atoms with van der Waals surface area (Å²) in [7, 11) is -4.40. The maximum absolute atomic E-state index is 16.9. The molecule has 0 heterocycles. The first-order chi connectivity index (χ1) is 64.9. The molecule has 5 heteroatoms. The number of hydrogen-bond acceptors (Lipinski definition) is 4. The highest BCUT2D eigenvalue weighted by atomic mass is 31.2. The molecule has 0 fully saturated rings. The van der Waals surface area contributed by atoms with Gasteiger partial charge in [0.15, 0.2) is 0 Å². The molecule has 3 aromatic carbocycles. The quantitative estimate of drug-likeness (QED) is 0.0417. The van der Waals surface area contributed by atoms with E-state index in [-0.39, 0.29) is 0 Å². The van der Waals surface area contributed by atoms with Crippen LogP contribution in [0.5, 0.6) is 17.2 Å². The lowest BCUT2D eigenvalue weighted by Crippen LogP contribution is -2.11. The van der Waals surface area contributed by atoms with Crippen molar-refractivity contribution < 1.29 is 18.1 Å². The molecule has 0 amide bonds. The zero-order valence-electron chi connectivity index (χ0n) is 89.9. The van der Waals surface area contributed by atoms with Crippen LogP contribution in [-0.4, -0.2) is 0 Å². The molecule has 0 radical (unpaired) electrons. The van der Waals surface area contributed by atoms with Gasteiger partial charge >= 0.3 is 7.82 Å². The Bertz CT molecular complexity index is 2540. The van der Waals surface area contributed by atoms with Crippen LogP contribution in [0.3, 0.4) is 0 Å². The summed E-state index contributed by atoms with van der Waals surface area (Å²) in [6, 6.07) is 20.8. The highest BCUT2D eigenvalue weighted by Crippen LogP contribution is 2.53. The van der Waals surface area contributed by atoms with Crippen molar-refractivity contribution in [2.45, 2.75) is 696 Å². The Morgan fingerprint density at radius 3 is 0.374 bits per heavy atom. The Balaban J connectivity index is 1.99. The molecule has 0 spiro atoms. The van der Waals surface area contributed by atoms with Crippen LogP contribution < -0.4 is 13.6 Å². The second-order valence-electron chi connectivity index (χ2n) is 42.9. The maximum Gasteiger partial charge on any atom is 0.647 e. The predicted molar refractivity (Wildman–Crippen MR) is 588 cm³/mol. The van der Waals surface area contributed by atoms with E-state index in [1.54, 1.807) is 0 Å². The third-order valence-electron chi connectivity index (χ3n) is 29.9. The Morgan fingerprint density at radius 2 is 0.252 bits per heavy atom. The van der Waals surface area contributed by atoms with Crippen LogP contribution in [0.4, 0.5) is 0 Å². The monoisotopic (exact) mass is 1840 g/mol. The van der Waals surface area contributed by atoms with Crippen molar-refractivity contribution in [2.24, 2.45) is 0 Å². The molecular formula is C126H231O4P. The first-order valence-corrected chi connectivity index (χ1v) is 62.4. The minimum Gasteiger partial charge on any atom is -0.386 e. The Hall–Kier alpha value is -2.71. The van der Waals surface area contributed by atoms with Gasteiger partial charge in [0, 0.05) is 0 Å². The predicted octanol–water partition coefficient (Wildman–Crippen LogP) is 46.2. The molecule has 0 atom stereocenters. The molecule has 0 aromatic heterocycles. The summed E-state index contributed by atoms with van der Waals surface area (Å²) in [5.74, 6) is 2.05. The van der Waals surface area contributed by atoms with Crippen molar-refractivity contribution in [1.29, 1.82) is 0 Å². The van der Waals surface area contributed by atoms with Crippen LogP contribution in [0.25, 0.3) is 0 Å². The van der Waals surface area contributed by atoms with Gasteiger partial charge in [-0.05, 0) is 129 Å². The second-order valence-corrected chi connectivity index (χ2v) is 44.3. The van der Waals surface area contributed by atoms with Gasteiger partial charge in [-0.15, -0.1) is 0 Å². The van der Waals surface area contributed by atoms with Crippen molar-refractivity contribution in [1.82, 2.24) is 0 Å². The fraction of sp³-hybridized carbons (Fsp3) is 0.857. The van der Waals surface area contributed by atoms with Gasteiger partial charge in [-0.25, -0.2) is 0 Å². The Labute approximate surface area is 822 Å². The average Bonchev–Trinajstić information content (AvgIpc) is 0.795. The van der Waals surface area contributed by atoms with Crippen LogP contribution in [0.2, 0.25) is 0 Å². The van der Waals surface area contributed by atoms with Gasteiger partial charge in [-0.3, -0.25) is 0 Å². The van der Waals surface area contributed by atoms with E-state index in [2.05, 4.69) is 96.1 Å². The van der Waals surface area contributed by atoms with E-state index in [9.17, 15) is 0 Å². The van der Waals surface area contributed by atoms with Crippen LogP contribution in [0.1, 0.15) is 691 Å². The summed E-state index contributed by atoms with van der Waals surface area (Å²) in [5.41, 5.74) is 7.65. The molecule has 0 bridgehead atoms. The average molecular weight is 1840 g/mol. The highest BCUT2D eigenvalue weighted by Gasteiger charge is 2.36. The number of hydrogen-bond donors (Lipinski definition) is 0. The molecule has 0 aliphatic rings. The zero-order valence-corrected chi connectivity index (χ0v) is 90.8. The molecule has 0 N–H and O–H groups in total.